The van der Waals surface area contributed by atoms with Crippen LogP contribution in [0.3, 0.4) is 0 Å². The molecule has 0 radical (unpaired) electrons. The Bertz CT molecular complexity index is 385. The smallest absolute Gasteiger partial charge is 0.126 e. The summed E-state index contributed by atoms with van der Waals surface area (Å²) >= 11 is 5.96. The average Bonchev–Trinajstić information content (AvgIpc) is 2.56. The predicted octanol–water partition coefficient (Wildman–Crippen LogP) is 2.40. The van der Waals surface area contributed by atoms with Gasteiger partial charge in [0.2, 0.25) is 0 Å². The molecule has 2 heterocycles. The lowest BCUT2D eigenvalue weighted by atomic mass is 9.89. The maximum atomic E-state index is 6.07. The van der Waals surface area contributed by atoms with Crippen LogP contribution in [0.4, 0.5) is 0 Å². The molecule has 3 rings (SSSR count). The van der Waals surface area contributed by atoms with Crippen molar-refractivity contribution in [3.8, 4) is 5.75 Å². The van der Waals surface area contributed by atoms with Crippen LogP contribution in [0.25, 0.3) is 0 Å². The van der Waals surface area contributed by atoms with E-state index in [-0.39, 0.29) is 5.60 Å². The molecule has 0 bridgehead atoms. The largest absolute Gasteiger partial charge is 0.485 e. The van der Waals surface area contributed by atoms with Crippen molar-refractivity contribution in [3.63, 3.8) is 0 Å². The number of halogens is 1. The summed E-state index contributed by atoms with van der Waals surface area (Å²) in [5, 5.41) is 4.17. The Morgan fingerprint density at radius 2 is 2.33 bits per heavy atom. The van der Waals surface area contributed by atoms with Crippen molar-refractivity contribution in [2.45, 2.75) is 24.9 Å². The van der Waals surface area contributed by atoms with Crippen LogP contribution in [0, 0.1) is 0 Å². The highest BCUT2D eigenvalue weighted by atomic mass is 35.5. The van der Waals surface area contributed by atoms with Crippen LogP contribution in [0.5, 0.6) is 5.75 Å². The second kappa shape index (κ2) is 3.39. The molecule has 0 saturated carbocycles. The lowest BCUT2D eigenvalue weighted by Gasteiger charge is -2.33. The first-order chi connectivity index (χ1) is 7.27. The molecule has 2 aliphatic rings. The zero-order chi connectivity index (χ0) is 10.3. The first-order valence-corrected chi connectivity index (χ1v) is 5.83. The van der Waals surface area contributed by atoms with Crippen LogP contribution in [-0.2, 0) is 6.42 Å². The fourth-order valence-corrected chi connectivity index (χ4v) is 2.73. The van der Waals surface area contributed by atoms with Gasteiger partial charge in [0.25, 0.3) is 0 Å². The molecule has 0 aliphatic carbocycles. The van der Waals surface area contributed by atoms with E-state index in [2.05, 4.69) is 11.4 Å². The van der Waals surface area contributed by atoms with Gasteiger partial charge in [-0.15, -0.1) is 0 Å². The van der Waals surface area contributed by atoms with E-state index in [4.69, 9.17) is 16.3 Å². The van der Waals surface area contributed by atoms with Crippen LogP contribution in [-0.4, -0.2) is 18.7 Å². The highest BCUT2D eigenvalue weighted by molar-refractivity contribution is 6.30. The number of benzene rings is 1. The van der Waals surface area contributed by atoms with Gasteiger partial charge in [-0.2, -0.15) is 0 Å². The molecule has 3 heteroatoms. The lowest BCUT2D eigenvalue weighted by molar-refractivity contribution is 0.0660. The minimum atomic E-state index is 0.00522. The monoisotopic (exact) mass is 223 g/mol. The highest BCUT2D eigenvalue weighted by Gasteiger charge is 2.40. The first kappa shape index (κ1) is 9.49. The summed E-state index contributed by atoms with van der Waals surface area (Å²) in [5.74, 6) is 0.978. The number of fused-ring (bicyclic) bond motifs is 1. The van der Waals surface area contributed by atoms with E-state index in [0.717, 1.165) is 36.7 Å². The van der Waals surface area contributed by atoms with E-state index in [1.54, 1.807) is 0 Å². The third-order valence-corrected chi connectivity index (χ3v) is 3.54. The highest BCUT2D eigenvalue weighted by Crippen LogP contribution is 2.39. The second-order valence-corrected chi connectivity index (χ2v) is 4.93. The van der Waals surface area contributed by atoms with E-state index in [9.17, 15) is 0 Å². The fraction of sp³-hybridized carbons (Fsp3) is 0.500. The number of ether oxygens (including phenoxy) is 1. The number of piperidine rings is 1. The molecule has 0 aromatic heterocycles. The summed E-state index contributed by atoms with van der Waals surface area (Å²) in [7, 11) is 0. The lowest BCUT2D eigenvalue weighted by Crippen LogP contribution is -2.49. The first-order valence-electron chi connectivity index (χ1n) is 5.46. The molecule has 1 spiro atoms. The van der Waals surface area contributed by atoms with Gasteiger partial charge in [0.15, 0.2) is 0 Å². The van der Waals surface area contributed by atoms with Crippen LogP contribution in [0.2, 0.25) is 5.02 Å². The van der Waals surface area contributed by atoms with Crippen molar-refractivity contribution >= 4 is 11.6 Å². The molecule has 2 aliphatic heterocycles. The van der Waals surface area contributed by atoms with Crippen molar-refractivity contribution in [1.29, 1.82) is 0 Å². The van der Waals surface area contributed by atoms with Crippen molar-refractivity contribution < 1.29 is 4.74 Å². The molecule has 1 N–H and O–H groups in total. The molecule has 1 saturated heterocycles. The quantitative estimate of drug-likeness (QED) is 0.729. The van der Waals surface area contributed by atoms with E-state index in [0.29, 0.717) is 0 Å². The molecule has 2 nitrogen and oxygen atoms in total. The molecule has 1 aromatic rings. The fourth-order valence-electron chi connectivity index (χ4n) is 2.56. The Balaban J connectivity index is 1.90. The summed E-state index contributed by atoms with van der Waals surface area (Å²) < 4.78 is 6.07. The van der Waals surface area contributed by atoms with Crippen molar-refractivity contribution in [2.24, 2.45) is 0 Å². The number of hydrogen-bond acceptors (Lipinski definition) is 2. The number of nitrogens with one attached hydrogen (secondary N) is 1. The van der Waals surface area contributed by atoms with Gasteiger partial charge in [-0.05, 0) is 37.1 Å². The van der Waals surface area contributed by atoms with Gasteiger partial charge in [-0.3, -0.25) is 0 Å². The van der Waals surface area contributed by atoms with E-state index >= 15 is 0 Å². The molecular weight excluding hydrogens is 210 g/mol. The average molecular weight is 224 g/mol. The zero-order valence-electron chi connectivity index (χ0n) is 8.55. The topological polar surface area (TPSA) is 21.3 Å². The zero-order valence-corrected chi connectivity index (χ0v) is 9.31. The van der Waals surface area contributed by atoms with E-state index in [1.165, 1.54) is 12.0 Å². The standard InChI is InChI=1S/C12H14ClNO/c13-10-3-2-9-7-12(15-11(9)6-10)4-1-5-14-8-12/h2-3,6,14H,1,4-5,7-8H2. The Morgan fingerprint density at radius 1 is 1.40 bits per heavy atom. The third kappa shape index (κ3) is 1.62. The SMILES string of the molecule is Clc1ccc2c(c1)OC1(CCCNC1)C2. The minimum Gasteiger partial charge on any atom is -0.485 e. The van der Waals surface area contributed by atoms with Crippen molar-refractivity contribution in [3.05, 3.63) is 28.8 Å². The van der Waals surface area contributed by atoms with Gasteiger partial charge in [-0.1, -0.05) is 17.7 Å². The molecule has 1 unspecified atom stereocenters. The molecule has 0 amide bonds. The number of hydrogen-bond donors (Lipinski definition) is 1. The van der Waals surface area contributed by atoms with Crippen LogP contribution in [0.1, 0.15) is 18.4 Å². The third-order valence-electron chi connectivity index (χ3n) is 3.30. The summed E-state index contributed by atoms with van der Waals surface area (Å²) in [6, 6.07) is 5.96. The Hall–Kier alpha value is -0.730. The van der Waals surface area contributed by atoms with Crippen molar-refractivity contribution in [1.82, 2.24) is 5.32 Å². The molecule has 80 valence electrons. The van der Waals surface area contributed by atoms with Gasteiger partial charge in [0.05, 0.1) is 0 Å². The molecular formula is C12H14ClNO. The Labute approximate surface area is 94.6 Å². The van der Waals surface area contributed by atoms with Gasteiger partial charge in [0.1, 0.15) is 11.4 Å². The van der Waals surface area contributed by atoms with Crippen LogP contribution >= 0.6 is 11.6 Å². The normalized spacial score (nSPS) is 28.9. The maximum Gasteiger partial charge on any atom is 0.126 e. The van der Waals surface area contributed by atoms with Gasteiger partial charge in [0, 0.05) is 18.0 Å². The van der Waals surface area contributed by atoms with E-state index in [1.807, 2.05) is 12.1 Å². The predicted molar refractivity (Wildman–Crippen MR) is 60.6 cm³/mol. The summed E-state index contributed by atoms with van der Waals surface area (Å²) in [6.07, 6.45) is 3.36. The molecule has 15 heavy (non-hydrogen) atoms. The molecule has 1 fully saturated rings. The Morgan fingerprint density at radius 3 is 3.13 bits per heavy atom. The van der Waals surface area contributed by atoms with Crippen molar-refractivity contribution in [2.75, 3.05) is 13.1 Å². The summed E-state index contributed by atoms with van der Waals surface area (Å²) in [5.41, 5.74) is 1.30. The minimum absolute atomic E-state index is 0.00522. The molecule has 1 atom stereocenters. The molecule has 1 aromatic carbocycles. The summed E-state index contributed by atoms with van der Waals surface area (Å²) in [6.45, 7) is 2.07. The Kier molecular flexibility index (Phi) is 2.15. The second-order valence-electron chi connectivity index (χ2n) is 4.49. The van der Waals surface area contributed by atoms with Gasteiger partial charge >= 0.3 is 0 Å². The number of rotatable bonds is 0. The maximum absolute atomic E-state index is 6.07. The van der Waals surface area contributed by atoms with E-state index < -0.39 is 0 Å². The van der Waals surface area contributed by atoms with Crippen LogP contribution < -0.4 is 10.1 Å². The van der Waals surface area contributed by atoms with Crippen LogP contribution in [0.15, 0.2) is 18.2 Å². The summed E-state index contributed by atoms with van der Waals surface area (Å²) in [4.78, 5) is 0. The van der Waals surface area contributed by atoms with Gasteiger partial charge < -0.3 is 10.1 Å². The van der Waals surface area contributed by atoms with Gasteiger partial charge in [-0.25, -0.2) is 0 Å².